The summed E-state index contributed by atoms with van der Waals surface area (Å²) in [6.45, 7) is 3.70. The van der Waals surface area contributed by atoms with E-state index in [1.807, 2.05) is 30.3 Å². The molecule has 0 aliphatic rings. The van der Waals surface area contributed by atoms with Crippen molar-refractivity contribution in [1.82, 2.24) is 10.2 Å². The maximum Gasteiger partial charge on any atom is 0.207 e. The highest BCUT2D eigenvalue weighted by molar-refractivity contribution is 8.01. The number of aromatic nitrogens is 2. The van der Waals surface area contributed by atoms with Gasteiger partial charge in [-0.05, 0) is 16.3 Å². The number of hydrogen-bond donors (Lipinski definition) is 2. The maximum absolute atomic E-state index is 6.31. The Balaban J connectivity index is 1.79. The molecule has 0 saturated heterocycles. The van der Waals surface area contributed by atoms with E-state index in [9.17, 15) is 0 Å². The van der Waals surface area contributed by atoms with Crippen molar-refractivity contribution in [3.63, 3.8) is 0 Å². The standard InChI is InChI=1S/C16H16N4S2/c1-2-10-21-16-20-19-15(22-16)18-14(17)13-9-5-7-11-6-3-4-8-12(11)13/h2-9,14H,1,10,17H2,(H,18,19). The van der Waals surface area contributed by atoms with Crippen molar-refractivity contribution < 1.29 is 0 Å². The Kier molecular flexibility index (Phi) is 4.72. The number of hydrogen-bond acceptors (Lipinski definition) is 6. The lowest BCUT2D eigenvalue weighted by molar-refractivity contribution is 0.834. The van der Waals surface area contributed by atoms with Gasteiger partial charge in [-0.3, -0.25) is 0 Å². The molecule has 1 atom stereocenters. The van der Waals surface area contributed by atoms with Crippen LogP contribution >= 0.6 is 23.1 Å². The predicted octanol–water partition coefficient (Wildman–Crippen LogP) is 4.04. The molecule has 3 N–H and O–H groups in total. The molecule has 1 aromatic heterocycles. The average Bonchev–Trinajstić information content (AvgIpc) is 2.99. The molecule has 4 nitrogen and oxygen atoms in total. The minimum absolute atomic E-state index is 0.323. The molecule has 2 aromatic carbocycles. The highest BCUT2D eigenvalue weighted by Gasteiger charge is 2.12. The summed E-state index contributed by atoms with van der Waals surface area (Å²) in [6.07, 6.45) is 1.53. The normalized spacial score (nSPS) is 12.2. The van der Waals surface area contributed by atoms with Gasteiger partial charge in [0.15, 0.2) is 4.34 Å². The molecule has 112 valence electrons. The zero-order valence-electron chi connectivity index (χ0n) is 11.9. The third-order valence-corrected chi connectivity index (χ3v) is 5.15. The van der Waals surface area contributed by atoms with Crippen LogP contribution in [0.15, 0.2) is 59.5 Å². The third-order valence-electron chi connectivity index (χ3n) is 3.17. The monoisotopic (exact) mass is 328 g/mol. The van der Waals surface area contributed by atoms with E-state index in [4.69, 9.17) is 5.73 Å². The molecular weight excluding hydrogens is 312 g/mol. The Hall–Kier alpha value is -1.89. The molecule has 0 bridgehead atoms. The lowest BCUT2D eigenvalue weighted by Gasteiger charge is -2.15. The second-order valence-electron chi connectivity index (χ2n) is 4.66. The molecule has 0 aliphatic heterocycles. The fraction of sp³-hybridized carbons (Fsp3) is 0.125. The van der Waals surface area contributed by atoms with Gasteiger partial charge in [0.05, 0.1) is 0 Å². The van der Waals surface area contributed by atoms with E-state index < -0.39 is 0 Å². The number of benzene rings is 2. The SMILES string of the molecule is C=CCSc1nnc(NC(N)c2cccc3ccccc23)s1. The average molecular weight is 328 g/mol. The van der Waals surface area contributed by atoms with Crippen molar-refractivity contribution in [2.75, 3.05) is 11.1 Å². The minimum Gasteiger partial charge on any atom is -0.341 e. The first-order chi connectivity index (χ1) is 10.8. The molecule has 0 amide bonds. The van der Waals surface area contributed by atoms with Gasteiger partial charge in [0.1, 0.15) is 6.17 Å². The first-order valence-corrected chi connectivity index (χ1v) is 8.65. The number of nitrogens with two attached hydrogens (primary N) is 1. The minimum atomic E-state index is -0.323. The molecule has 1 heterocycles. The van der Waals surface area contributed by atoms with Crippen LogP contribution < -0.4 is 11.1 Å². The number of anilines is 1. The highest BCUT2D eigenvalue weighted by Crippen LogP contribution is 2.28. The zero-order chi connectivity index (χ0) is 15.4. The summed E-state index contributed by atoms with van der Waals surface area (Å²) in [5.41, 5.74) is 7.36. The van der Waals surface area contributed by atoms with E-state index >= 15 is 0 Å². The maximum atomic E-state index is 6.31. The van der Waals surface area contributed by atoms with Gasteiger partial charge < -0.3 is 11.1 Å². The van der Waals surface area contributed by atoms with E-state index in [-0.39, 0.29) is 6.17 Å². The summed E-state index contributed by atoms with van der Waals surface area (Å²) in [4.78, 5) is 0. The summed E-state index contributed by atoms with van der Waals surface area (Å²) < 4.78 is 0.910. The Bertz CT molecular complexity index is 779. The van der Waals surface area contributed by atoms with Gasteiger partial charge in [-0.2, -0.15) is 0 Å². The molecular formula is C16H16N4S2. The molecule has 6 heteroatoms. The summed E-state index contributed by atoms with van der Waals surface area (Å²) in [7, 11) is 0. The van der Waals surface area contributed by atoms with Crippen LogP contribution in [0, 0.1) is 0 Å². The van der Waals surface area contributed by atoms with Crippen molar-refractivity contribution in [2.24, 2.45) is 5.73 Å². The topological polar surface area (TPSA) is 63.8 Å². The molecule has 0 radical (unpaired) electrons. The van der Waals surface area contributed by atoms with E-state index in [0.29, 0.717) is 0 Å². The molecule has 22 heavy (non-hydrogen) atoms. The lowest BCUT2D eigenvalue weighted by atomic mass is 10.0. The second-order valence-corrected chi connectivity index (χ2v) is 6.91. The van der Waals surface area contributed by atoms with E-state index in [0.717, 1.165) is 26.2 Å². The predicted molar refractivity (Wildman–Crippen MR) is 95.3 cm³/mol. The Morgan fingerprint density at radius 3 is 2.91 bits per heavy atom. The number of rotatable bonds is 6. The van der Waals surface area contributed by atoms with Crippen LogP contribution in [-0.4, -0.2) is 16.0 Å². The van der Waals surface area contributed by atoms with E-state index in [1.54, 1.807) is 11.8 Å². The number of nitrogens with one attached hydrogen (secondary N) is 1. The zero-order valence-corrected chi connectivity index (χ0v) is 13.5. The summed E-state index contributed by atoms with van der Waals surface area (Å²) in [5, 5.41) is 14.6. The first-order valence-electron chi connectivity index (χ1n) is 6.85. The number of fused-ring (bicyclic) bond motifs is 1. The molecule has 0 fully saturated rings. The van der Waals surface area contributed by atoms with Gasteiger partial charge in [-0.15, -0.1) is 16.8 Å². The number of thioether (sulfide) groups is 1. The van der Waals surface area contributed by atoms with Crippen molar-refractivity contribution in [1.29, 1.82) is 0 Å². The molecule has 0 saturated carbocycles. The highest BCUT2D eigenvalue weighted by atomic mass is 32.2. The van der Waals surface area contributed by atoms with Crippen LogP contribution in [0.5, 0.6) is 0 Å². The Morgan fingerprint density at radius 1 is 1.23 bits per heavy atom. The van der Waals surface area contributed by atoms with Crippen LogP contribution in [0.25, 0.3) is 10.8 Å². The van der Waals surface area contributed by atoms with Crippen LogP contribution in [0.4, 0.5) is 5.13 Å². The van der Waals surface area contributed by atoms with Crippen LogP contribution in [0.2, 0.25) is 0 Å². The van der Waals surface area contributed by atoms with E-state index in [1.165, 1.54) is 16.7 Å². The second kappa shape index (κ2) is 6.91. The lowest BCUT2D eigenvalue weighted by Crippen LogP contribution is -2.20. The van der Waals surface area contributed by atoms with Gasteiger partial charge in [0, 0.05) is 5.75 Å². The van der Waals surface area contributed by atoms with Crippen LogP contribution in [0.1, 0.15) is 11.7 Å². The van der Waals surface area contributed by atoms with Crippen molar-refractivity contribution >= 4 is 39.0 Å². The Labute approximate surface area is 137 Å². The van der Waals surface area contributed by atoms with Crippen molar-refractivity contribution in [3.8, 4) is 0 Å². The van der Waals surface area contributed by atoms with Gasteiger partial charge in [-0.25, -0.2) is 0 Å². The molecule has 1 unspecified atom stereocenters. The number of nitrogens with zero attached hydrogens (tertiary/aromatic N) is 2. The van der Waals surface area contributed by atoms with Gasteiger partial charge in [-0.1, -0.05) is 71.6 Å². The smallest absolute Gasteiger partial charge is 0.207 e. The molecule has 0 spiro atoms. The summed E-state index contributed by atoms with van der Waals surface area (Å²) in [6, 6.07) is 14.4. The van der Waals surface area contributed by atoms with Gasteiger partial charge in [0.25, 0.3) is 0 Å². The fourth-order valence-corrected chi connectivity index (χ4v) is 3.74. The van der Waals surface area contributed by atoms with Gasteiger partial charge >= 0.3 is 0 Å². The fourth-order valence-electron chi connectivity index (χ4n) is 2.19. The van der Waals surface area contributed by atoms with Crippen molar-refractivity contribution in [2.45, 2.75) is 10.5 Å². The Morgan fingerprint density at radius 2 is 2.05 bits per heavy atom. The largest absolute Gasteiger partial charge is 0.341 e. The van der Waals surface area contributed by atoms with Crippen LogP contribution in [-0.2, 0) is 0 Å². The molecule has 3 aromatic rings. The van der Waals surface area contributed by atoms with Crippen molar-refractivity contribution in [3.05, 3.63) is 60.7 Å². The van der Waals surface area contributed by atoms with Crippen LogP contribution in [0.3, 0.4) is 0 Å². The quantitative estimate of drug-likeness (QED) is 0.406. The molecule has 3 rings (SSSR count). The molecule has 0 aliphatic carbocycles. The summed E-state index contributed by atoms with van der Waals surface area (Å²) in [5.74, 6) is 0.823. The van der Waals surface area contributed by atoms with Gasteiger partial charge in [0.2, 0.25) is 5.13 Å². The first kappa shape index (κ1) is 15.0. The summed E-state index contributed by atoms with van der Waals surface area (Å²) >= 11 is 3.12. The third kappa shape index (κ3) is 3.30. The van der Waals surface area contributed by atoms with E-state index in [2.05, 4.69) is 40.3 Å².